The Morgan fingerprint density at radius 1 is 0.818 bits per heavy atom. The van der Waals surface area contributed by atoms with Crippen molar-refractivity contribution in [2.24, 2.45) is 0 Å². The van der Waals surface area contributed by atoms with Crippen LogP contribution < -0.4 is 9.62 Å². The molecule has 1 atom stereocenters. The fraction of sp³-hybridized carbons (Fsp3) is 0.235. The van der Waals surface area contributed by atoms with Crippen LogP contribution in [0.2, 0.25) is 10.0 Å². The minimum Gasteiger partial charge on any atom is -0.355 e. The molecular formula is C34H35Cl2N3O4S. The third kappa shape index (κ3) is 7.62. The maximum Gasteiger partial charge on any atom is 0.264 e. The average molecular weight is 653 g/mol. The number of likely N-dealkylation sites (N-methyl/N-ethyl adjacent to an activating group) is 1. The van der Waals surface area contributed by atoms with Crippen molar-refractivity contribution in [3.05, 3.63) is 129 Å². The first-order valence-electron chi connectivity index (χ1n) is 14.2. The van der Waals surface area contributed by atoms with Crippen LogP contribution in [0.5, 0.6) is 0 Å². The molecule has 4 aromatic rings. The van der Waals surface area contributed by atoms with Gasteiger partial charge < -0.3 is 10.2 Å². The monoisotopic (exact) mass is 651 g/mol. The number of nitrogens with zero attached hydrogens (tertiary/aromatic N) is 2. The molecule has 0 saturated heterocycles. The zero-order valence-corrected chi connectivity index (χ0v) is 27.2. The molecule has 7 nitrogen and oxygen atoms in total. The summed E-state index contributed by atoms with van der Waals surface area (Å²) in [5.74, 6) is -0.967. The molecule has 0 heterocycles. The van der Waals surface area contributed by atoms with E-state index < -0.39 is 28.5 Å². The van der Waals surface area contributed by atoms with Crippen LogP contribution in [0.25, 0.3) is 0 Å². The van der Waals surface area contributed by atoms with Crippen molar-refractivity contribution in [1.29, 1.82) is 0 Å². The van der Waals surface area contributed by atoms with Gasteiger partial charge in [-0.3, -0.25) is 13.9 Å². The van der Waals surface area contributed by atoms with Crippen molar-refractivity contribution < 1.29 is 18.0 Å². The minimum absolute atomic E-state index is 0.0407. The van der Waals surface area contributed by atoms with E-state index in [2.05, 4.69) is 5.32 Å². The summed E-state index contributed by atoms with van der Waals surface area (Å²) in [4.78, 5) is 29.6. The molecule has 0 aromatic heterocycles. The van der Waals surface area contributed by atoms with Crippen LogP contribution in [0.1, 0.15) is 29.2 Å². The number of benzene rings is 4. The van der Waals surface area contributed by atoms with Crippen molar-refractivity contribution in [1.82, 2.24) is 10.2 Å². The van der Waals surface area contributed by atoms with Crippen molar-refractivity contribution in [3.63, 3.8) is 0 Å². The molecule has 0 saturated carbocycles. The Bertz CT molecular complexity index is 1700. The minimum atomic E-state index is -4.19. The fourth-order valence-electron chi connectivity index (χ4n) is 4.94. The van der Waals surface area contributed by atoms with Gasteiger partial charge in [0.05, 0.1) is 10.6 Å². The number of carbonyl (C=O) groups excluding carboxylic acids is 2. The predicted octanol–water partition coefficient (Wildman–Crippen LogP) is 6.58. The van der Waals surface area contributed by atoms with Crippen LogP contribution in [0.15, 0.2) is 102 Å². The molecule has 0 aliphatic rings. The SMILES string of the molecule is CCNC(=O)C(Cc1ccccc1)N(Cc1c(Cl)cccc1Cl)C(=O)CN(c1cccc(C)c1C)S(=O)(=O)c1ccccc1. The quantitative estimate of drug-likeness (QED) is 0.187. The van der Waals surface area contributed by atoms with Crippen LogP contribution in [-0.2, 0) is 32.6 Å². The van der Waals surface area contributed by atoms with Gasteiger partial charge in [-0.15, -0.1) is 0 Å². The van der Waals surface area contributed by atoms with Crippen molar-refractivity contribution in [2.45, 2.75) is 44.7 Å². The summed E-state index contributed by atoms with van der Waals surface area (Å²) >= 11 is 13.1. The highest BCUT2D eigenvalue weighted by atomic mass is 35.5. The molecule has 4 aromatic carbocycles. The summed E-state index contributed by atoms with van der Waals surface area (Å²) in [6.45, 7) is 5.16. The van der Waals surface area contributed by atoms with Crippen molar-refractivity contribution >= 4 is 50.7 Å². The van der Waals surface area contributed by atoms with Gasteiger partial charge in [0, 0.05) is 35.1 Å². The van der Waals surface area contributed by atoms with Gasteiger partial charge >= 0.3 is 0 Å². The number of sulfonamides is 1. The van der Waals surface area contributed by atoms with Gasteiger partial charge in [-0.2, -0.15) is 0 Å². The molecule has 2 amide bonds. The Labute approximate surface area is 269 Å². The van der Waals surface area contributed by atoms with E-state index in [1.165, 1.54) is 17.0 Å². The van der Waals surface area contributed by atoms with Crippen molar-refractivity contribution in [2.75, 3.05) is 17.4 Å². The number of nitrogens with one attached hydrogen (secondary N) is 1. The van der Waals surface area contributed by atoms with E-state index >= 15 is 0 Å². The van der Waals surface area contributed by atoms with Crippen LogP contribution >= 0.6 is 23.2 Å². The first-order valence-corrected chi connectivity index (χ1v) is 16.4. The summed E-state index contributed by atoms with van der Waals surface area (Å²) in [6, 6.07) is 26.6. The summed E-state index contributed by atoms with van der Waals surface area (Å²) in [5.41, 5.74) is 3.23. The lowest BCUT2D eigenvalue weighted by Gasteiger charge is -2.34. The molecule has 0 aliphatic heterocycles. The highest BCUT2D eigenvalue weighted by Crippen LogP contribution is 2.31. The summed E-state index contributed by atoms with van der Waals surface area (Å²) in [6.07, 6.45) is 0.190. The number of rotatable bonds is 12. The Morgan fingerprint density at radius 2 is 1.41 bits per heavy atom. The second kappa shape index (κ2) is 14.8. The third-order valence-electron chi connectivity index (χ3n) is 7.47. The molecule has 10 heteroatoms. The second-order valence-corrected chi connectivity index (χ2v) is 13.0. The van der Waals surface area contributed by atoms with E-state index in [1.807, 2.05) is 50.2 Å². The normalized spacial score (nSPS) is 11.9. The highest BCUT2D eigenvalue weighted by Gasteiger charge is 2.35. The third-order valence-corrected chi connectivity index (χ3v) is 9.95. The number of hydrogen-bond acceptors (Lipinski definition) is 4. The number of carbonyl (C=O) groups is 2. The van der Waals surface area contributed by atoms with Gasteiger partial charge in [-0.05, 0) is 67.8 Å². The van der Waals surface area contributed by atoms with Gasteiger partial charge in [0.15, 0.2) is 0 Å². The molecule has 0 aliphatic carbocycles. The maximum absolute atomic E-state index is 14.5. The Balaban J connectivity index is 1.85. The molecular weight excluding hydrogens is 617 g/mol. The smallest absolute Gasteiger partial charge is 0.264 e. The van der Waals surface area contributed by atoms with Crippen LogP contribution in [0.3, 0.4) is 0 Å². The van der Waals surface area contributed by atoms with Crippen molar-refractivity contribution in [3.8, 4) is 0 Å². The first kappa shape index (κ1) is 33.1. The number of aryl methyl sites for hydroxylation is 1. The van der Waals surface area contributed by atoms with Gasteiger partial charge in [0.25, 0.3) is 10.0 Å². The lowest BCUT2D eigenvalue weighted by atomic mass is 10.0. The lowest BCUT2D eigenvalue weighted by molar-refractivity contribution is -0.140. The van der Waals surface area contributed by atoms with E-state index in [4.69, 9.17) is 23.2 Å². The van der Waals surface area contributed by atoms with E-state index in [0.29, 0.717) is 33.4 Å². The molecule has 0 radical (unpaired) electrons. The van der Waals surface area contributed by atoms with Gasteiger partial charge in [-0.1, -0.05) is 89.9 Å². The topological polar surface area (TPSA) is 86.8 Å². The van der Waals surface area contributed by atoms with Crippen LogP contribution in [0, 0.1) is 13.8 Å². The molecule has 230 valence electrons. The van der Waals surface area contributed by atoms with Crippen LogP contribution in [-0.4, -0.2) is 44.3 Å². The van der Waals surface area contributed by atoms with Gasteiger partial charge in [0.2, 0.25) is 11.8 Å². The molecule has 0 fully saturated rings. The predicted molar refractivity (Wildman–Crippen MR) is 177 cm³/mol. The first-order chi connectivity index (χ1) is 21.0. The molecule has 44 heavy (non-hydrogen) atoms. The fourth-order valence-corrected chi connectivity index (χ4v) is 6.95. The molecule has 0 spiro atoms. The Hall–Kier alpha value is -3.85. The second-order valence-electron chi connectivity index (χ2n) is 10.4. The largest absolute Gasteiger partial charge is 0.355 e. The Kier molecular flexibility index (Phi) is 11.1. The average Bonchev–Trinajstić information content (AvgIpc) is 3.01. The summed E-state index contributed by atoms with van der Waals surface area (Å²) < 4.78 is 29.4. The lowest BCUT2D eigenvalue weighted by Crippen LogP contribution is -2.53. The van der Waals surface area contributed by atoms with E-state index in [9.17, 15) is 18.0 Å². The van der Waals surface area contributed by atoms with Gasteiger partial charge in [-0.25, -0.2) is 8.42 Å². The number of hydrogen-bond donors (Lipinski definition) is 1. The van der Waals surface area contributed by atoms with E-state index in [-0.39, 0.29) is 23.8 Å². The van der Waals surface area contributed by atoms with Crippen LogP contribution in [0.4, 0.5) is 5.69 Å². The maximum atomic E-state index is 14.5. The summed E-state index contributed by atoms with van der Waals surface area (Å²) in [5, 5.41) is 3.50. The standard InChI is InChI=1S/C34H35Cl2N3O4S/c1-4-37-34(41)32(21-26-14-7-5-8-15-26)38(22-28-29(35)18-12-19-30(28)36)33(40)23-39(31-20-11-13-24(2)25(31)3)44(42,43)27-16-9-6-10-17-27/h5-20,32H,4,21-23H2,1-3H3,(H,37,41). The zero-order chi connectivity index (χ0) is 31.9. The number of amides is 2. The molecule has 1 N–H and O–H groups in total. The number of halogens is 2. The van der Waals surface area contributed by atoms with E-state index in [0.717, 1.165) is 15.4 Å². The Morgan fingerprint density at radius 3 is 2.02 bits per heavy atom. The number of anilines is 1. The molecule has 1 unspecified atom stereocenters. The van der Waals surface area contributed by atoms with Gasteiger partial charge in [0.1, 0.15) is 12.6 Å². The molecule has 4 rings (SSSR count). The molecule has 0 bridgehead atoms. The summed E-state index contributed by atoms with van der Waals surface area (Å²) in [7, 11) is -4.19. The van der Waals surface area contributed by atoms with E-state index in [1.54, 1.807) is 55.5 Å². The zero-order valence-electron chi connectivity index (χ0n) is 24.8. The highest BCUT2D eigenvalue weighted by molar-refractivity contribution is 7.92.